The van der Waals surface area contributed by atoms with E-state index in [2.05, 4.69) is 25.3 Å². The van der Waals surface area contributed by atoms with Gasteiger partial charge in [-0.3, -0.25) is 0 Å². The highest BCUT2D eigenvalue weighted by atomic mass is 32.2. The molecule has 10 heteroatoms. The smallest absolute Gasteiger partial charge is 0.240 e. The monoisotopic (exact) mass is 312 g/mol. The van der Waals surface area contributed by atoms with Crippen molar-refractivity contribution in [3.05, 3.63) is 30.1 Å². The number of hydrogen-bond acceptors (Lipinski definition) is 7. The highest BCUT2D eigenvalue weighted by Gasteiger charge is 2.14. The lowest BCUT2D eigenvalue weighted by Crippen LogP contribution is -2.23. The maximum Gasteiger partial charge on any atom is 0.240 e. The molecule has 0 amide bonds. The SMILES string of the molecule is NCCCOc1ccc(S(=O)(=O)NCc2nn[nH]n2)cc1. The molecule has 0 aliphatic carbocycles. The second-order valence-electron chi connectivity index (χ2n) is 4.11. The molecule has 0 atom stereocenters. The van der Waals surface area contributed by atoms with E-state index in [9.17, 15) is 8.42 Å². The molecule has 0 spiro atoms. The molecule has 0 aliphatic rings. The van der Waals surface area contributed by atoms with E-state index in [1.807, 2.05) is 0 Å². The zero-order chi connectivity index (χ0) is 15.1. The Morgan fingerprint density at radius 1 is 1.29 bits per heavy atom. The predicted molar refractivity (Wildman–Crippen MR) is 73.8 cm³/mol. The normalized spacial score (nSPS) is 11.5. The van der Waals surface area contributed by atoms with Gasteiger partial charge in [-0.05, 0) is 37.2 Å². The van der Waals surface area contributed by atoms with Crippen LogP contribution in [0.4, 0.5) is 0 Å². The summed E-state index contributed by atoms with van der Waals surface area (Å²) in [4.78, 5) is 0.136. The van der Waals surface area contributed by atoms with Crippen LogP contribution in [0.5, 0.6) is 5.75 Å². The molecule has 0 saturated heterocycles. The second-order valence-corrected chi connectivity index (χ2v) is 5.88. The molecule has 1 aromatic carbocycles. The van der Waals surface area contributed by atoms with E-state index in [1.165, 1.54) is 12.1 Å². The number of ether oxygens (including phenoxy) is 1. The van der Waals surface area contributed by atoms with Crippen LogP contribution in [-0.4, -0.2) is 42.2 Å². The van der Waals surface area contributed by atoms with Gasteiger partial charge >= 0.3 is 0 Å². The number of aromatic amines is 1. The topological polar surface area (TPSA) is 136 Å². The fourth-order valence-electron chi connectivity index (χ4n) is 1.49. The Morgan fingerprint density at radius 2 is 2.05 bits per heavy atom. The van der Waals surface area contributed by atoms with Gasteiger partial charge < -0.3 is 10.5 Å². The maximum atomic E-state index is 12.0. The molecule has 2 aromatic rings. The van der Waals surface area contributed by atoms with Gasteiger partial charge in [-0.2, -0.15) is 5.21 Å². The van der Waals surface area contributed by atoms with E-state index >= 15 is 0 Å². The molecular weight excluding hydrogens is 296 g/mol. The van der Waals surface area contributed by atoms with Gasteiger partial charge in [-0.1, -0.05) is 5.21 Å². The van der Waals surface area contributed by atoms with Crippen LogP contribution < -0.4 is 15.2 Å². The van der Waals surface area contributed by atoms with Gasteiger partial charge in [0.25, 0.3) is 0 Å². The van der Waals surface area contributed by atoms with E-state index < -0.39 is 10.0 Å². The summed E-state index contributed by atoms with van der Waals surface area (Å²) >= 11 is 0. The van der Waals surface area contributed by atoms with Crippen LogP contribution >= 0.6 is 0 Å². The lowest BCUT2D eigenvalue weighted by atomic mass is 10.3. The van der Waals surface area contributed by atoms with Gasteiger partial charge in [0.05, 0.1) is 18.0 Å². The average Bonchev–Trinajstić information content (AvgIpc) is 3.00. The molecule has 0 saturated carbocycles. The standard InChI is InChI=1S/C11H16N6O3S/c12-6-1-7-20-9-2-4-10(5-3-9)21(18,19)13-8-11-14-16-17-15-11/h2-5,13H,1,6-8,12H2,(H,14,15,16,17). The minimum atomic E-state index is -3.63. The number of tetrazole rings is 1. The van der Waals surface area contributed by atoms with Crippen molar-refractivity contribution in [3.8, 4) is 5.75 Å². The molecule has 0 aliphatic heterocycles. The van der Waals surface area contributed by atoms with Gasteiger partial charge in [0.2, 0.25) is 10.0 Å². The summed E-state index contributed by atoms with van der Waals surface area (Å²) in [6, 6.07) is 6.13. The van der Waals surface area contributed by atoms with Crippen molar-refractivity contribution in [2.45, 2.75) is 17.9 Å². The largest absolute Gasteiger partial charge is 0.494 e. The van der Waals surface area contributed by atoms with Crippen molar-refractivity contribution in [3.63, 3.8) is 0 Å². The number of aromatic nitrogens is 4. The van der Waals surface area contributed by atoms with Crippen LogP contribution in [0.2, 0.25) is 0 Å². The summed E-state index contributed by atoms with van der Waals surface area (Å²) in [5, 5.41) is 12.9. The minimum absolute atomic E-state index is 0.0341. The molecule has 2 rings (SSSR count). The Morgan fingerprint density at radius 3 is 2.67 bits per heavy atom. The fourth-order valence-corrected chi connectivity index (χ4v) is 2.47. The zero-order valence-corrected chi connectivity index (χ0v) is 12.0. The van der Waals surface area contributed by atoms with Crippen LogP contribution in [0.1, 0.15) is 12.2 Å². The highest BCUT2D eigenvalue weighted by molar-refractivity contribution is 7.89. The predicted octanol–water partition coefficient (Wildman–Crippen LogP) is -0.594. The molecular formula is C11H16N6O3S. The van der Waals surface area contributed by atoms with Crippen LogP contribution in [0, 0.1) is 0 Å². The van der Waals surface area contributed by atoms with Crippen molar-refractivity contribution < 1.29 is 13.2 Å². The van der Waals surface area contributed by atoms with Crippen LogP contribution in [0.25, 0.3) is 0 Å². The van der Waals surface area contributed by atoms with Gasteiger partial charge in [0.1, 0.15) is 5.75 Å². The number of rotatable bonds is 8. The number of hydrogen-bond donors (Lipinski definition) is 3. The first-order chi connectivity index (χ1) is 10.1. The van der Waals surface area contributed by atoms with Crippen LogP contribution in [-0.2, 0) is 16.6 Å². The molecule has 1 heterocycles. The van der Waals surface area contributed by atoms with Crippen molar-refractivity contribution in [1.82, 2.24) is 25.3 Å². The summed E-state index contributed by atoms with van der Waals surface area (Å²) in [6.07, 6.45) is 0.742. The van der Waals surface area contributed by atoms with Gasteiger partial charge in [0, 0.05) is 0 Å². The van der Waals surface area contributed by atoms with E-state index in [0.29, 0.717) is 18.9 Å². The van der Waals surface area contributed by atoms with Crippen molar-refractivity contribution in [1.29, 1.82) is 0 Å². The van der Waals surface area contributed by atoms with E-state index in [4.69, 9.17) is 10.5 Å². The van der Waals surface area contributed by atoms with Gasteiger partial charge in [-0.15, -0.1) is 10.2 Å². The molecule has 0 radical (unpaired) electrons. The fraction of sp³-hybridized carbons (Fsp3) is 0.364. The number of H-pyrrole nitrogens is 1. The number of nitrogens with one attached hydrogen (secondary N) is 2. The number of benzene rings is 1. The summed E-state index contributed by atoms with van der Waals surface area (Å²) in [7, 11) is -3.63. The molecule has 9 nitrogen and oxygen atoms in total. The average molecular weight is 312 g/mol. The first kappa shape index (κ1) is 15.4. The maximum absolute atomic E-state index is 12.0. The Balaban J connectivity index is 1.96. The second kappa shape index (κ2) is 7.11. The van der Waals surface area contributed by atoms with Crippen molar-refractivity contribution >= 4 is 10.0 Å². The Labute approximate surface area is 121 Å². The number of nitrogens with zero attached hydrogens (tertiary/aromatic N) is 3. The van der Waals surface area contributed by atoms with E-state index in [0.717, 1.165) is 6.42 Å². The first-order valence-electron chi connectivity index (χ1n) is 6.27. The molecule has 1 aromatic heterocycles. The summed E-state index contributed by atoms with van der Waals surface area (Å²) < 4.78 is 31.9. The minimum Gasteiger partial charge on any atom is -0.494 e. The molecule has 4 N–H and O–H groups in total. The lowest BCUT2D eigenvalue weighted by Gasteiger charge is -2.07. The Hall–Kier alpha value is -2.04. The number of nitrogens with two attached hydrogens (primary N) is 1. The van der Waals surface area contributed by atoms with Crippen molar-refractivity contribution in [2.24, 2.45) is 5.73 Å². The third kappa shape index (κ3) is 4.48. The van der Waals surface area contributed by atoms with Crippen molar-refractivity contribution in [2.75, 3.05) is 13.2 Å². The van der Waals surface area contributed by atoms with E-state index in [1.54, 1.807) is 12.1 Å². The molecule has 114 valence electrons. The van der Waals surface area contributed by atoms with E-state index in [-0.39, 0.29) is 17.3 Å². The highest BCUT2D eigenvalue weighted by Crippen LogP contribution is 2.16. The quantitative estimate of drug-likeness (QED) is 0.554. The van der Waals surface area contributed by atoms with Crippen LogP contribution in [0.15, 0.2) is 29.2 Å². The summed E-state index contributed by atoms with van der Waals surface area (Å²) in [5.41, 5.74) is 5.36. The molecule has 21 heavy (non-hydrogen) atoms. The third-order valence-electron chi connectivity index (χ3n) is 2.56. The summed E-state index contributed by atoms with van der Waals surface area (Å²) in [5.74, 6) is 0.862. The molecule has 0 fully saturated rings. The number of sulfonamides is 1. The zero-order valence-electron chi connectivity index (χ0n) is 11.2. The summed E-state index contributed by atoms with van der Waals surface area (Å²) in [6.45, 7) is 1.01. The third-order valence-corrected chi connectivity index (χ3v) is 3.98. The Kier molecular flexibility index (Phi) is 5.20. The first-order valence-corrected chi connectivity index (χ1v) is 7.75. The molecule has 0 unspecified atom stereocenters. The molecule has 0 bridgehead atoms. The Bertz CT molecular complexity index is 641. The lowest BCUT2D eigenvalue weighted by molar-refractivity contribution is 0.313. The van der Waals surface area contributed by atoms with Gasteiger partial charge in [-0.25, -0.2) is 13.1 Å². The van der Waals surface area contributed by atoms with Gasteiger partial charge in [0.15, 0.2) is 5.82 Å². The van der Waals surface area contributed by atoms with Crippen LogP contribution in [0.3, 0.4) is 0 Å².